The summed E-state index contributed by atoms with van der Waals surface area (Å²) in [6, 6.07) is 1.93. The molecule has 0 heterocycles. The smallest absolute Gasteiger partial charge is 0.466 e. The van der Waals surface area contributed by atoms with E-state index in [-0.39, 0.29) is 19.0 Å². The first-order valence-corrected chi connectivity index (χ1v) is 21.4. The molecule has 6 nitrogen and oxygen atoms in total. The standard InChI is InChI=1S/C6H20O4Si3.C3H16O2Si4/c1-7-13(8-2,9-3)6-5-12(4)10-11;1-7-5-8-9(2,3)4-6/h12H,5-6H2,1-4,11H3;7-8H2,1-3,6H3. The molecule has 0 aromatic heterocycles. The molecule has 0 aliphatic rings. The SMILES string of the molecule is CO[Si](CC[SiH](C)O[SiH3])(OC)OC.C[SiH2]O[SiH2][Si](C)(C)O[SiH3]. The van der Waals surface area contributed by atoms with Crippen molar-refractivity contribution in [1.82, 2.24) is 0 Å². The number of hydrogen-bond acceptors (Lipinski definition) is 6. The fraction of sp³-hybridized carbons (Fsp3) is 1.00. The van der Waals surface area contributed by atoms with Gasteiger partial charge >= 0.3 is 8.80 Å². The van der Waals surface area contributed by atoms with Crippen LogP contribution in [0.1, 0.15) is 0 Å². The normalized spacial score (nSPS) is 14.9. The highest BCUT2D eigenvalue weighted by Gasteiger charge is 2.37. The van der Waals surface area contributed by atoms with Crippen LogP contribution in [-0.4, -0.2) is 87.0 Å². The summed E-state index contributed by atoms with van der Waals surface area (Å²) in [5.41, 5.74) is 0. The van der Waals surface area contributed by atoms with Crippen LogP contribution >= 0.6 is 0 Å². The van der Waals surface area contributed by atoms with Crippen molar-refractivity contribution in [3.63, 3.8) is 0 Å². The molecule has 0 aliphatic heterocycles. The van der Waals surface area contributed by atoms with Crippen molar-refractivity contribution >= 4 is 65.7 Å². The van der Waals surface area contributed by atoms with E-state index in [1.165, 1.54) is 0 Å². The molecule has 0 saturated heterocycles. The number of rotatable bonds is 11. The molecule has 0 fully saturated rings. The van der Waals surface area contributed by atoms with Crippen LogP contribution in [0.4, 0.5) is 0 Å². The summed E-state index contributed by atoms with van der Waals surface area (Å²) in [6.07, 6.45) is 0. The summed E-state index contributed by atoms with van der Waals surface area (Å²) in [7, 11) is 1.80. The molecule has 0 aliphatic carbocycles. The third-order valence-corrected chi connectivity index (χ3v) is 25.2. The van der Waals surface area contributed by atoms with Gasteiger partial charge in [-0.05, 0) is 25.7 Å². The predicted octanol–water partition coefficient (Wildman–Crippen LogP) is -2.27. The maximum absolute atomic E-state index is 5.53. The van der Waals surface area contributed by atoms with Gasteiger partial charge in [0.1, 0.15) is 30.7 Å². The Labute approximate surface area is 150 Å². The molecule has 1 atom stereocenters. The Hall–Kier alpha value is 1.28. The van der Waals surface area contributed by atoms with Gasteiger partial charge in [0.05, 0.1) is 0 Å². The molecule has 0 aromatic carbocycles. The Bertz CT molecular complexity index is 248. The molecule has 1 unspecified atom stereocenters. The lowest BCUT2D eigenvalue weighted by Crippen LogP contribution is -2.43. The summed E-state index contributed by atoms with van der Waals surface area (Å²) in [4.78, 5) is 0. The van der Waals surface area contributed by atoms with Crippen molar-refractivity contribution in [1.29, 1.82) is 0 Å². The van der Waals surface area contributed by atoms with E-state index in [0.717, 1.165) is 33.1 Å². The van der Waals surface area contributed by atoms with Gasteiger partial charge in [0, 0.05) is 27.4 Å². The highest BCUT2D eigenvalue weighted by Crippen LogP contribution is 2.16. The molecule has 0 radical (unpaired) electrons. The van der Waals surface area contributed by atoms with Gasteiger partial charge in [0.15, 0.2) is 26.2 Å². The van der Waals surface area contributed by atoms with E-state index < -0.39 is 25.7 Å². The summed E-state index contributed by atoms with van der Waals surface area (Å²) in [5, 5.41) is 0. The number of hydrogen-bond donors (Lipinski definition) is 0. The highest BCUT2D eigenvalue weighted by molar-refractivity contribution is 7.19. The van der Waals surface area contributed by atoms with Crippen molar-refractivity contribution in [2.75, 3.05) is 21.3 Å². The third-order valence-electron chi connectivity index (χ3n) is 3.40. The fourth-order valence-corrected chi connectivity index (χ4v) is 17.1. The first-order chi connectivity index (χ1) is 10.3. The van der Waals surface area contributed by atoms with Crippen LogP contribution < -0.4 is 0 Å². The highest BCUT2D eigenvalue weighted by atomic mass is 29.2. The van der Waals surface area contributed by atoms with E-state index in [1.54, 1.807) is 21.3 Å². The zero-order chi connectivity index (χ0) is 17.6. The van der Waals surface area contributed by atoms with Crippen molar-refractivity contribution in [2.45, 2.75) is 38.3 Å². The second-order valence-corrected chi connectivity index (χ2v) is 26.3. The van der Waals surface area contributed by atoms with E-state index in [4.69, 9.17) is 25.6 Å². The average Bonchev–Trinajstić information content (AvgIpc) is 2.55. The molecule has 0 amide bonds. The van der Waals surface area contributed by atoms with Gasteiger partial charge in [-0.15, -0.1) is 0 Å². The van der Waals surface area contributed by atoms with Gasteiger partial charge in [-0.1, -0.05) is 6.55 Å². The molecule has 22 heavy (non-hydrogen) atoms. The largest absolute Gasteiger partial charge is 0.499 e. The average molecular weight is 437 g/mol. The second-order valence-electron chi connectivity index (χ2n) is 5.48. The van der Waals surface area contributed by atoms with E-state index >= 15 is 0 Å². The minimum absolute atomic E-state index is 0.143. The molecule has 13 heteroatoms. The lowest BCUT2D eigenvalue weighted by molar-refractivity contribution is 0.125. The molecule has 0 aromatic rings. The molecular weight excluding hydrogens is 401 g/mol. The van der Waals surface area contributed by atoms with Gasteiger partial charge in [0.2, 0.25) is 0 Å². The van der Waals surface area contributed by atoms with Crippen LogP contribution in [0.15, 0.2) is 0 Å². The summed E-state index contributed by atoms with van der Waals surface area (Å²) in [5.74, 6) is 0. The molecule has 0 rings (SSSR count). The third kappa shape index (κ3) is 12.7. The Kier molecular flexibility index (Phi) is 16.9. The minimum atomic E-state index is -2.33. The quantitative estimate of drug-likeness (QED) is 0.341. The van der Waals surface area contributed by atoms with E-state index in [1.807, 2.05) is 0 Å². The molecule has 0 N–H and O–H groups in total. The molecule has 0 spiro atoms. The first-order valence-electron chi connectivity index (χ1n) is 7.57. The summed E-state index contributed by atoms with van der Waals surface area (Å²) in [6.45, 7) is 8.89. The molecule has 136 valence electrons. The first kappa shape index (κ1) is 25.5. The lowest BCUT2D eigenvalue weighted by Gasteiger charge is -2.25. The fourth-order valence-electron chi connectivity index (χ4n) is 1.46. The van der Waals surface area contributed by atoms with Gasteiger partial charge in [0.25, 0.3) is 0 Å². The maximum atomic E-state index is 5.53. The second kappa shape index (κ2) is 14.6. The van der Waals surface area contributed by atoms with E-state index in [0.29, 0.717) is 0 Å². The van der Waals surface area contributed by atoms with Crippen LogP contribution in [0.25, 0.3) is 0 Å². The minimum Gasteiger partial charge on any atom is -0.466 e. The van der Waals surface area contributed by atoms with Crippen molar-refractivity contribution < 1.29 is 25.6 Å². The van der Waals surface area contributed by atoms with Gasteiger partial charge < -0.3 is 25.6 Å². The molecule has 0 saturated carbocycles. The van der Waals surface area contributed by atoms with E-state index in [2.05, 4.69) is 26.2 Å². The van der Waals surface area contributed by atoms with Crippen LogP contribution in [0.3, 0.4) is 0 Å². The maximum Gasteiger partial charge on any atom is 0.499 e. The van der Waals surface area contributed by atoms with Crippen LogP contribution in [0.2, 0.25) is 38.3 Å². The Morgan fingerprint density at radius 3 is 1.86 bits per heavy atom. The topological polar surface area (TPSA) is 55.4 Å². The monoisotopic (exact) mass is 436 g/mol. The molecular formula is C9H36O6Si7. The Balaban J connectivity index is 0. The summed E-state index contributed by atoms with van der Waals surface area (Å²) < 4.78 is 32.3. The van der Waals surface area contributed by atoms with Gasteiger partial charge in [-0.25, -0.2) is 0 Å². The zero-order valence-corrected chi connectivity index (χ0v) is 25.8. The predicted molar refractivity (Wildman–Crippen MR) is 113 cm³/mol. The van der Waals surface area contributed by atoms with Crippen LogP contribution in [0, 0.1) is 0 Å². The Morgan fingerprint density at radius 2 is 1.55 bits per heavy atom. The van der Waals surface area contributed by atoms with Gasteiger partial charge in [-0.3, -0.25) is 0 Å². The van der Waals surface area contributed by atoms with Gasteiger partial charge in [-0.2, -0.15) is 0 Å². The van der Waals surface area contributed by atoms with Crippen molar-refractivity contribution in [3.8, 4) is 0 Å². The Morgan fingerprint density at radius 1 is 1.05 bits per heavy atom. The van der Waals surface area contributed by atoms with E-state index in [9.17, 15) is 0 Å². The molecule has 0 bridgehead atoms. The van der Waals surface area contributed by atoms with Crippen molar-refractivity contribution in [3.05, 3.63) is 0 Å². The van der Waals surface area contributed by atoms with Crippen LogP contribution in [-0.2, 0) is 25.6 Å². The zero-order valence-electron chi connectivity index (χ0n) is 15.9. The summed E-state index contributed by atoms with van der Waals surface area (Å²) >= 11 is 0. The van der Waals surface area contributed by atoms with Crippen LogP contribution in [0.5, 0.6) is 0 Å². The van der Waals surface area contributed by atoms with Crippen molar-refractivity contribution in [2.24, 2.45) is 0 Å². The lowest BCUT2D eigenvalue weighted by atomic mass is 10.9.